The van der Waals surface area contributed by atoms with Crippen molar-refractivity contribution in [2.75, 3.05) is 39.6 Å². The molecule has 0 aliphatic heterocycles. The number of rotatable bonds is 72. The van der Waals surface area contributed by atoms with Crippen LogP contribution in [0.4, 0.5) is 0 Å². The molecule has 0 spiro atoms. The molecule has 19 heteroatoms. The number of esters is 4. The van der Waals surface area contributed by atoms with Crippen LogP contribution >= 0.6 is 15.6 Å². The number of phosphoric ester groups is 2. The molecule has 0 fully saturated rings. The molecule has 0 aromatic carbocycles. The Labute approximate surface area is 575 Å². The lowest BCUT2D eigenvalue weighted by atomic mass is 9.99. The largest absolute Gasteiger partial charge is 0.472 e. The number of carbonyl (C=O) groups is 4. The third-order valence-corrected chi connectivity index (χ3v) is 20.3. The van der Waals surface area contributed by atoms with E-state index in [4.69, 9.17) is 37.0 Å². The molecule has 0 amide bonds. The second-order valence-corrected chi connectivity index (χ2v) is 31.1. The van der Waals surface area contributed by atoms with Gasteiger partial charge in [0.1, 0.15) is 19.3 Å². The van der Waals surface area contributed by atoms with Crippen molar-refractivity contribution in [2.24, 2.45) is 23.7 Å². The van der Waals surface area contributed by atoms with Gasteiger partial charge in [0.15, 0.2) is 12.2 Å². The van der Waals surface area contributed by atoms with Crippen LogP contribution in [0.2, 0.25) is 0 Å². The molecule has 5 unspecified atom stereocenters. The molecule has 0 aromatic heterocycles. The van der Waals surface area contributed by atoms with Crippen molar-refractivity contribution in [3.05, 3.63) is 0 Å². The van der Waals surface area contributed by atoms with E-state index < -0.39 is 97.5 Å². The van der Waals surface area contributed by atoms with Crippen molar-refractivity contribution in [2.45, 2.75) is 395 Å². The molecule has 0 saturated heterocycles. The Morgan fingerprint density at radius 1 is 0.298 bits per heavy atom. The molecule has 0 aromatic rings. The summed E-state index contributed by atoms with van der Waals surface area (Å²) in [6.45, 7) is 14.2. The van der Waals surface area contributed by atoms with Crippen molar-refractivity contribution in [1.29, 1.82) is 0 Å². The molecule has 0 rings (SSSR count). The van der Waals surface area contributed by atoms with Crippen molar-refractivity contribution in [3.8, 4) is 0 Å². The average molecular weight is 1380 g/mol. The quantitative estimate of drug-likeness (QED) is 0.0222. The SMILES string of the molecule is CCC(C)CCCCCCCCCCCCCCCCC(=O)O[C@H](COC(=O)CCCCCCCCCCCCCC(C)C)COP(=O)(O)OC[C@@H](O)COP(=O)(O)OC[C@@H](COC(=O)CCCCCCCCC(C)CC)OC(=O)CCCCCCCCCCC(C)CC. The zero-order valence-electron chi connectivity index (χ0n) is 61.6. The molecule has 0 radical (unpaired) electrons. The Morgan fingerprint density at radius 2 is 0.511 bits per heavy atom. The van der Waals surface area contributed by atoms with Crippen LogP contribution in [0.1, 0.15) is 376 Å². The Kier molecular flexibility index (Phi) is 63.1. The fourth-order valence-electron chi connectivity index (χ4n) is 11.3. The molecular formula is C75H146O17P2. The second-order valence-electron chi connectivity index (χ2n) is 28.2. The summed E-state index contributed by atoms with van der Waals surface area (Å²) < 4.78 is 68.5. The number of carbonyl (C=O) groups excluding carboxylic acids is 4. The topological polar surface area (TPSA) is 237 Å². The number of ether oxygens (including phenoxy) is 4. The second kappa shape index (κ2) is 64.4. The van der Waals surface area contributed by atoms with Gasteiger partial charge in [-0.25, -0.2) is 9.13 Å². The van der Waals surface area contributed by atoms with Gasteiger partial charge >= 0.3 is 39.5 Å². The van der Waals surface area contributed by atoms with Crippen molar-refractivity contribution < 1.29 is 80.2 Å². The molecule has 94 heavy (non-hydrogen) atoms. The van der Waals surface area contributed by atoms with Crippen LogP contribution in [0.3, 0.4) is 0 Å². The Hall–Kier alpha value is -1.94. The van der Waals surface area contributed by atoms with Crippen LogP contribution in [-0.2, 0) is 65.4 Å². The highest BCUT2D eigenvalue weighted by molar-refractivity contribution is 7.47. The number of hydrogen-bond acceptors (Lipinski definition) is 15. The maximum Gasteiger partial charge on any atom is 0.472 e. The van der Waals surface area contributed by atoms with Gasteiger partial charge in [0, 0.05) is 25.7 Å². The van der Waals surface area contributed by atoms with Crippen molar-refractivity contribution in [1.82, 2.24) is 0 Å². The third-order valence-electron chi connectivity index (χ3n) is 18.4. The molecule has 0 heterocycles. The van der Waals surface area contributed by atoms with E-state index >= 15 is 0 Å². The van der Waals surface area contributed by atoms with E-state index in [0.717, 1.165) is 120 Å². The van der Waals surface area contributed by atoms with E-state index in [-0.39, 0.29) is 25.7 Å². The predicted octanol–water partition coefficient (Wildman–Crippen LogP) is 21.7. The van der Waals surface area contributed by atoms with E-state index in [1.165, 1.54) is 173 Å². The van der Waals surface area contributed by atoms with Crippen LogP contribution in [0.5, 0.6) is 0 Å². The van der Waals surface area contributed by atoms with E-state index in [2.05, 4.69) is 55.4 Å². The normalized spacial score (nSPS) is 15.0. The first-order valence-corrected chi connectivity index (χ1v) is 41.8. The smallest absolute Gasteiger partial charge is 0.462 e. The summed E-state index contributed by atoms with van der Waals surface area (Å²) in [7, 11) is -9.91. The van der Waals surface area contributed by atoms with Crippen LogP contribution in [0.15, 0.2) is 0 Å². The van der Waals surface area contributed by atoms with Gasteiger partial charge < -0.3 is 33.8 Å². The molecule has 8 atom stereocenters. The van der Waals surface area contributed by atoms with Gasteiger partial charge in [0.2, 0.25) is 0 Å². The highest BCUT2D eigenvalue weighted by Gasteiger charge is 2.30. The maximum atomic E-state index is 13.1. The molecular weight excluding hydrogens is 1230 g/mol. The zero-order chi connectivity index (χ0) is 69.6. The van der Waals surface area contributed by atoms with Gasteiger partial charge in [0.05, 0.1) is 26.4 Å². The van der Waals surface area contributed by atoms with E-state index in [0.29, 0.717) is 25.7 Å². The Morgan fingerprint density at radius 3 is 0.755 bits per heavy atom. The van der Waals surface area contributed by atoms with Crippen LogP contribution in [0.25, 0.3) is 0 Å². The minimum atomic E-state index is -4.96. The standard InChI is InChI=1S/C75H146O17P2/c1-9-66(6)52-44-36-28-22-18-14-12-13-15-19-24-31-41-49-57-74(79)91-70(61-85-72(77)55-47-39-30-23-20-16-17-21-27-35-43-51-65(4)5)63-89-93(81,82)87-59-69(76)60-88-94(83,84)90-64-71(62-86-73(78)56-48-40-34-33-38-46-54-68(8)11-3)92-75(80)58-50-42-32-26-25-29-37-45-53-67(7)10-2/h65-71,76H,9-64H2,1-8H3,(H,81,82)(H,83,84)/t66?,67?,68?,69-,70-,71-/m1/s1. The average Bonchev–Trinajstić information content (AvgIpc) is 1.14. The van der Waals surface area contributed by atoms with Gasteiger partial charge in [-0.3, -0.25) is 37.3 Å². The number of aliphatic hydroxyl groups is 1. The fraction of sp³-hybridized carbons (Fsp3) is 0.947. The fourth-order valence-corrected chi connectivity index (χ4v) is 12.9. The lowest BCUT2D eigenvalue weighted by Crippen LogP contribution is -2.30. The predicted molar refractivity (Wildman–Crippen MR) is 381 cm³/mol. The Balaban J connectivity index is 5.26. The first-order chi connectivity index (χ1) is 45.2. The lowest BCUT2D eigenvalue weighted by Gasteiger charge is -2.21. The van der Waals surface area contributed by atoms with Gasteiger partial charge in [0.25, 0.3) is 0 Å². The third kappa shape index (κ3) is 64.7. The molecule has 0 aliphatic carbocycles. The van der Waals surface area contributed by atoms with Gasteiger partial charge in [-0.15, -0.1) is 0 Å². The number of unbranched alkanes of at least 4 members (excludes halogenated alkanes) is 35. The summed E-state index contributed by atoms with van der Waals surface area (Å²) in [6, 6.07) is 0. The minimum absolute atomic E-state index is 0.104. The van der Waals surface area contributed by atoms with Crippen LogP contribution in [0, 0.1) is 23.7 Å². The monoisotopic (exact) mass is 1380 g/mol. The number of hydrogen-bond donors (Lipinski definition) is 3. The van der Waals surface area contributed by atoms with Crippen molar-refractivity contribution in [3.63, 3.8) is 0 Å². The zero-order valence-corrected chi connectivity index (χ0v) is 63.4. The lowest BCUT2D eigenvalue weighted by molar-refractivity contribution is -0.161. The molecule has 0 saturated carbocycles. The van der Waals surface area contributed by atoms with Gasteiger partial charge in [-0.2, -0.15) is 0 Å². The molecule has 3 N–H and O–H groups in total. The summed E-state index contributed by atoms with van der Waals surface area (Å²) in [4.78, 5) is 72.8. The minimum Gasteiger partial charge on any atom is -0.462 e. The molecule has 558 valence electrons. The molecule has 0 bridgehead atoms. The van der Waals surface area contributed by atoms with E-state index in [1.807, 2.05) is 0 Å². The van der Waals surface area contributed by atoms with E-state index in [1.54, 1.807) is 0 Å². The summed E-state index contributed by atoms with van der Waals surface area (Å²) in [5.74, 6) is 0.993. The van der Waals surface area contributed by atoms with Crippen molar-refractivity contribution >= 4 is 39.5 Å². The summed E-state index contributed by atoms with van der Waals surface area (Å²) >= 11 is 0. The van der Waals surface area contributed by atoms with Crippen LogP contribution < -0.4 is 0 Å². The highest BCUT2D eigenvalue weighted by atomic mass is 31.2. The van der Waals surface area contributed by atoms with Gasteiger partial charge in [-0.05, 0) is 49.4 Å². The molecule has 0 aliphatic rings. The summed E-state index contributed by atoms with van der Waals surface area (Å²) in [5, 5.41) is 10.6. The maximum absolute atomic E-state index is 13.1. The first-order valence-electron chi connectivity index (χ1n) is 38.8. The summed E-state index contributed by atoms with van der Waals surface area (Å²) in [6.07, 6.45) is 48.5. The first kappa shape index (κ1) is 92.1. The number of phosphoric acid groups is 2. The van der Waals surface area contributed by atoms with Gasteiger partial charge in [-0.1, -0.05) is 325 Å². The summed E-state index contributed by atoms with van der Waals surface area (Å²) in [5.41, 5.74) is 0. The highest BCUT2D eigenvalue weighted by Crippen LogP contribution is 2.45. The Bertz CT molecular complexity index is 1860. The van der Waals surface area contributed by atoms with E-state index in [9.17, 15) is 43.2 Å². The number of aliphatic hydroxyl groups excluding tert-OH is 1. The molecule has 17 nitrogen and oxygen atoms in total. The van der Waals surface area contributed by atoms with Crippen LogP contribution in [-0.4, -0.2) is 96.7 Å².